The molecule has 80 valence electrons. The van der Waals surface area contributed by atoms with Gasteiger partial charge in [0.15, 0.2) is 0 Å². The Kier molecular flexibility index (Phi) is 2.00. The zero-order valence-electron chi connectivity index (χ0n) is 9.64. The van der Waals surface area contributed by atoms with Crippen molar-refractivity contribution in [2.45, 2.75) is 12.8 Å². The van der Waals surface area contributed by atoms with Gasteiger partial charge >= 0.3 is 0 Å². The number of nitrogens with zero attached hydrogens (tertiary/aromatic N) is 1. The van der Waals surface area contributed by atoms with Crippen LogP contribution in [0.4, 0.5) is 0 Å². The summed E-state index contributed by atoms with van der Waals surface area (Å²) in [5.41, 5.74) is 5.55. The summed E-state index contributed by atoms with van der Waals surface area (Å²) in [4.78, 5) is 0. The maximum absolute atomic E-state index is 2.30. The third kappa shape index (κ3) is 1.25. The van der Waals surface area contributed by atoms with Crippen LogP contribution in [0.15, 0.2) is 42.6 Å². The van der Waals surface area contributed by atoms with E-state index >= 15 is 0 Å². The molecular formula is C15H15N. The zero-order valence-corrected chi connectivity index (χ0v) is 9.64. The molecule has 0 spiro atoms. The van der Waals surface area contributed by atoms with Crippen LogP contribution in [0.5, 0.6) is 0 Å². The molecule has 0 bridgehead atoms. The molecule has 1 nitrogen and oxygen atoms in total. The first-order valence-electron chi connectivity index (χ1n) is 5.66. The van der Waals surface area contributed by atoms with Gasteiger partial charge in [-0.1, -0.05) is 36.4 Å². The van der Waals surface area contributed by atoms with Crippen LogP contribution in [-0.2, 0) is 7.05 Å². The van der Waals surface area contributed by atoms with E-state index in [9.17, 15) is 0 Å². The molecule has 1 aromatic carbocycles. The summed E-state index contributed by atoms with van der Waals surface area (Å²) in [6, 6.07) is 10.8. The number of aryl methyl sites for hydroxylation is 2. The number of benzene rings is 1. The first-order chi connectivity index (χ1) is 7.77. The van der Waals surface area contributed by atoms with Crippen molar-refractivity contribution in [2.75, 3.05) is 0 Å². The molecule has 3 rings (SSSR count). The predicted octanol–water partition coefficient (Wildman–Crippen LogP) is 3.49. The third-order valence-electron chi connectivity index (χ3n) is 3.43. The SMILES string of the molecule is Cc1ccn(C)c1C1C=Cc2ccccc21. The molecule has 1 aliphatic rings. The molecule has 0 radical (unpaired) electrons. The van der Waals surface area contributed by atoms with Crippen molar-refractivity contribution >= 4 is 6.08 Å². The molecule has 0 amide bonds. The molecule has 0 aliphatic heterocycles. The first-order valence-corrected chi connectivity index (χ1v) is 5.66. The Hall–Kier alpha value is -1.76. The van der Waals surface area contributed by atoms with Crippen LogP contribution < -0.4 is 0 Å². The largest absolute Gasteiger partial charge is 0.353 e. The smallest absolute Gasteiger partial charge is 0.0434 e. The highest BCUT2D eigenvalue weighted by molar-refractivity contribution is 5.65. The number of hydrogen-bond acceptors (Lipinski definition) is 0. The number of fused-ring (bicyclic) bond motifs is 1. The van der Waals surface area contributed by atoms with E-state index < -0.39 is 0 Å². The highest BCUT2D eigenvalue weighted by atomic mass is 14.9. The standard InChI is InChI=1S/C15H15N/c1-11-9-10-16(2)15(11)14-8-7-12-5-3-4-6-13(12)14/h3-10,14H,1-2H3. The van der Waals surface area contributed by atoms with E-state index in [-0.39, 0.29) is 0 Å². The van der Waals surface area contributed by atoms with Crippen molar-refractivity contribution in [2.24, 2.45) is 7.05 Å². The number of allylic oxidation sites excluding steroid dienone is 1. The zero-order chi connectivity index (χ0) is 11.1. The lowest BCUT2D eigenvalue weighted by atomic mass is 9.95. The highest BCUT2D eigenvalue weighted by Gasteiger charge is 2.21. The molecule has 1 unspecified atom stereocenters. The van der Waals surface area contributed by atoms with E-state index in [4.69, 9.17) is 0 Å². The summed E-state index contributed by atoms with van der Waals surface area (Å²) >= 11 is 0. The lowest BCUT2D eigenvalue weighted by molar-refractivity contribution is 0.807. The fourth-order valence-corrected chi connectivity index (χ4v) is 2.62. The second-order valence-electron chi connectivity index (χ2n) is 4.46. The number of aromatic nitrogens is 1. The van der Waals surface area contributed by atoms with Crippen LogP contribution in [0.25, 0.3) is 6.08 Å². The average molecular weight is 209 g/mol. The van der Waals surface area contributed by atoms with Crippen LogP contribution in [0.2, 0.25) is 0 Å². The van der Waals surface area contributed by atoms with Crippen LogP contribution in [-0.4, -0.2) is 4.57 Å². The molecule has 1 aromatic heterocycles. The maximum atomic E-state index is 2.30. The Morgan fingerprint density at radius 1 is 1.12 bits per heavy atom. The fraction of sp³-hybridized carbons (Fsp3) is 0.200. The van der Waals surface area contributed by atoms with Gasteiger partial charge in [-0.2, -0.15) is 0 Å². The Morgan fingerprint density at radius 2 is 1.94 bits per heavy atom. The summed E-state index contributed by atoms with van der Waals surface area (Å²) in [5.74, 6) is 0.427. The number of rotatable bonds is 1. The van der Waals surface area contributed by atoms with Crippen molar-refractivity contribution in [1.29, 1.82) is 0 Å². The van der Waals surface area contributed by atoms with E-state index in [2.05, 4.69) is 67.2 Å². The Morgan fingerprint density at radius 3 is 2.69 bits per heavy atom. The highest BCUT2D eigenvalue weighted by Crippen LogP contribution is 2.36. The number of hydrogen-bond donors (Lipinski definition) is 0. The molecule has 1 heterocycles. The van der Waals surface area contributed by atoms with Crippen molar-refractivity contribution < 1.29 is 0 Å². The van der Waals surface area contributed by atoms with E-state index in [0.29, 0.717) is 5.92 Å². The molecule has 16 heavy (non-hydrogen) atoms. The lowest BCUT2D eigenvalue weighted by Gasteiger charge is -2.14. The van der Waals surface area contributed by atoms with E-state index in [1.807, 2.05) is 0 Å². The molecule has 2 aromatic rings. The molecule has 0 saturated heterocycles. The van der Waals surface area contributed by atoms with Gasteiger partial charge in [-0.25, -0.2) is 0 Å². The van der Waals surface area contributed by atoms with E-state index in [1.165, 1.54) is 22.4 Å². The minimum absolute atomic E-state index is 0.427. The molecular weight excluding hydrogens is 194 g/mol. The van der Waals surface area contributed by atoms with Gasteiger partial charge in [-0.15, -0.1) is 0 Å². The topological polar surface area (TPSA) is 4.93 Å². The van der Waals surface area contributed by atoms with Gasteiger partial charge in [-0.3, -0.25) is 0 Å². The molecule has 1 atom stereocenters. The van der Waals surface area contributed by atoms with Gasteiger partial charge < -0.3 is 4.57 Å². The maximum Gasteiger partial charge on any atom is 0.0434 e. The van der Waals surface area contributed by atoms with Gasteiger partial charge in [0, 0.05) is 24.9 Å². The third-order valence-corrected chi connectivity index (χ3v) is 3.43. The average Bonchev–Trinajstić information content (AvgIpc) is 2.83. The summed E-state index contributed by atoms with van der Waals surface area (Å²) < 4.78 is 2.23. The van der Waals surface area contributed by atoms with Crippen molar-refractivity contribution in [1.82, 2.24) is 4.57 Å². The fourth-order valence-electron chi connectivity index (χ4n) is 2.62. The summed E-state index contributed by atoms with van der Waals surface area (Å²) in [6.45, 7) is 2.18. The minimum atomic E-state index is 0.427. The van der Waals surface area contributed by atoms with Gasteiger partial charge in [0.2, 0.25) is 0 Å². The van der Waals surface area contributed by atoms with Gasteiger partial charge in [-0.05, 0) is 29.7 Å². The minimum Gasteiger partial charge on any atom is -0.353 e. The second kappa shape index (κ2) is 3.38. The quantitative estimate of drug-likeness (QED) is 0.677. The van der Waals surface area contributed by atoms with Crippen molar-refractivity contribution in [3.05, 3.63) is 65.0 Å². The van der Waals surface area contributed by atoms with Crippen LogP contribution in [0.1, 0.15) is 28.3 Å². The van der Waals surface area contributed by atoms with Gasteiger partial charge in [0.05, 0.1) is 0 Å². The summed E-state index contributed by atoms with van der Waals surface area (Å²) in [5, 5.41) is 0. The molecule has 0 N–H and O–H groups in total. The second-order valence-corrected chi connectivity index (χ2v) is 4.46. The predicted molar refractivity (Wildman–Crippen MR) is 67.5 cm³/mol. The Balaban J connectivity index is 2.15. The Labute approximate surface area is 96.0 Å². The monoisotopic (exact) mass is 209 g/mol. The van der Waals surface area contributed by atoms with Crippen LogP contribution in [0, 0.1) is 6.92 Å². The van der Waals surface area contributed by atoms with E-state index in [0.717, 1.165) is 0 Å². The van der Waals surface area contributed by atoms with Crippen molar-refractivity contribution in [3.8, 4) is 0 Å². The summed E-state index contributed by atoms with van der Waals surface area (Å²) in [7, 11) is 2.12. The molecule has 0 saturated carbocycles. The molecule has 1 heteroatoms. The van der Waals surface area contributed by atoms with Crippen molar-refractivity contribution in [3.63, 3.8) is 0 Å². The van der Waals surface area contributed by atoms with Gasteiger partial charge in [0.25, 0.3) is 0 Å². The molecule has 1 aliphatic carbocycles. The Bertz CT molecular complexity index is 541. The summed E-state index contributed by atoms with van der Waals surface area (Å²) in [6.07, 6.45) is 6.67. The first kappa shape index (κ1) is 9.46. The van der Waals surface area contributed by atoms with Crippen LogP contribution in [0.3, 0.4) is 0 Å². The van der Waals surface area contributed by atoms with Crippen LogP contribution >= 0.6 is 0 Å². The lowest BCUT2D eigenvalue weighted by Crippen LogP contribution is -2.03. The van der Waals surface area contributed by atoms with E-state index in [1.54, 1.807) is 0 Å². The normalized spacial score (nSPS) is 17.8. The molecule has 0 fully saturated rings. The van der Waals surface area contributed by atoms with Gasteiger partial charge in [0.1, 0.15) is 0 Å².